The fourth-order valence-electron chi connectivity index (χ4n) is 2.61. The van der Waals surface area contributed by atoms with Crippen LogP contribution in [-0.2, 0) is 19.0 Å². The number of rotatable bonds is 17. The summed E-state index contributed by atoms with van der Waals surface area (Å²) in [5.41, 5.74) is -0.0181. The van der Waals surface area contributed by atoms with Gasteiger partial charge in [-0.15, -0.1) is 0 Å². The Morgan fingerprint density at radius 2 is 1.79 bits per heavy atom. The van der Waals surface area contributed by atoms with Crippen molar-refractivity contribution < 1.29 is 38.6 Å². The Balaban J connectivity index is 2.11. The minimum Gasteiger partial charge on any atom is -0.493 e. The Morgan fingerprint density at radius 1 is 1.09 bits per heavy atom. The van der Waals surface area contributed by atoms with Crippen molar-refractivity contribution in [1.82, 2.24) is 10.6 Å². The molecule has 12 heteroatoms. The summed E-state index contributed by atoms with van der Waals surface area (Å²) in [6.07, 6.45) is -0.973. The first-order valence-corrected chi connectivity index (χ1v) is 10.8. The maximum atomic E-state index is 11.8. The Morgan fingerprint density at radius 3 is 2.48 bits per heavy atom. The van der Waals surface area contributed by atoms with E-state index in [0.717, 1.165) is 0 Å². The van der Waals surface area contributed by atoms with Crippen LogP contribution >= 0.6 is 0 Å². The van der Waals surface area contributed by atoms with Gasteiger partial charge in [-0.25, -0.2) is 4.79 Å². The average molecular weight is 472 g/mol. The zero-order valence-corrected chi connectivity index (χ0v) is 19.0. The predicted molar refractivity (Wildman–Crippen MR) is 118 cm³/mol. The zero-order chi connectivity index (χ0) is 24.5. The number of benzene rings is 1. The molecule has 0 heterocycles. The molecular formula is C21H33N3O9. The molecule has 1 aromatic rings. The molecule has 0 aliphatic heterocycles. The molecule has 0 radical (unpaired) electrons. The van der Waals surface area contributed by atoms with E-state index in [9.17, 15) is 24.8 Å². The van der Waals surface area contributed by atoms with Crippen LogP contribution in [0, 0.1) is 10.1 Å². The SMILES string of the molecule is CCOCCOCCOC(=O)NCCNC(=O)CCCOc1ccc(C(C)O)c([N+](=O)[O-])c1. The molecule has 0 spiro atoms. The van der Waals surface area contributed by atoms with Gasteiger partial charge >= 0.3 is 6.09 Å². The Kier molecular flexibility index (Phi) is 14.2. The zero-order valence-electron chi connectivity index (χ0n) is 19.0. The fourth-order valence-corrected chi connectivity index (χ4v) is 2.61. The van der Waals surface area contributed by atoms with Crippen LogP contribution in [0.2, 0.25) is 0 Å². The van der Waals surface area contributed by atoms with Gasteiger partial charge < -0.3 is 34.7 Å². The lowest BCUT2D eigenvalue weighted by molar-refractivity contribution is -0.386. The molecule has 0 saturated heterocycles. The van der Waals surface area contributed by atoms with E-state index in [0.29, 0.717) is 26.2 Å². The average Bonchev–Trinajstić information content (AvgIpc) is 2.78. The highest BCUT2D eigenvalue weighted by Crippen LogP contribution is 2.29. The van der Waals surface area contributed by atoms with Crippen molar-refractivity contribution in [2.75, 3.05) is 52.7 Å². The highest BCUT2D eigenvalue weighted by Gasteiger charge is 2.18. The number of nitrogens with one attached hydrogen (secondary N) is 2. The number of ether oxygens (including phenoxy) is 4. The van der Waals surface area contributed by atoms with E-state index in [1.54, 1.807) is 0 Å². The van der Waals surface area contributed by atoms with Crippen LogP contribution in [0.1, 0.15) is 38.4 Å². The van der Waals surface area contributed by atoms with Gasteiger partial charge in [-0.1, -0.05) is 0 Å². The van der Waals surface area contributed by atoms with Gasteiger partial charge in [0.2, 0.25) is 5.91 Å². The number of hydrogen-bond acceptors (Lipinski definition) is 9. The Hall–Kier alpha value is -2.96. The number of nitro benzene ring substituents is 1. The number of aliphatic hydroxyl groups is 1. The van der Waals surface area contributed by atoms with E-state index in [1.165, 1.54) is 25.1 Å². The number of aliphatic hydroxyl groups excluding tert-OH is 1. The van der Waals surface area contributed by atoms with E-state index in [1.807, 2.05) is 6.92 Å². The van der Waals surface area contributed by atoms with Crippen molar-refractivity contribution in [1.29, 1.82) is 0 Å². The van der Waals surface area contributed by atoms with Gasteiger partial charge in [0, 0.05) is 26.1 Å². The van der Waals surface area contributed by atoms with Crippen LogP contribution in [0.25, 0.3) is 0 Å². The molecule has 0 fully saturated rings. The molecule has 2 amide bonds. The fraction of sp³-hybridized carbons (Fsp3) is 0.619. The Labute approximate surface area is 192 Å². The van der Waals surface area contributed by atoms with Crippen LogP contribution in [-0.4, -0.2) is 74.8 Å². The number of carbonyl (C=O) groups is 2. The summed E-state index contributed by atoms with van der Waals surface area (Å²) in [5, 5.41) is 25.9. The smallest absolute Gasteiger partial charge is 0.407 e. The minimum atomic E-state index is -0.968. The first kappa shape index (κ1) is 28.1. The van der Waals surface area contributed by atoms with E-state index in [4.69, 9.17) is 18.9 Å². The predicted octanol–water partition coefficient (Wildman–Crippen LogP) is 1.70. The highest BCUT2D eigenvalue weighted by atomic mass is 16.6. The van der Waals surface area contributed by atoms with Gasteiger partial charge in [-0.2, -0.15) is 0 Å². The molecule has 0 aliphatic carbocycles. The minimum absolute atomic E-state index is 0.120. The molecule has 1 aromatic carbocycles. The molecule has 1 unspecified atom stereocenters. The maximum absolute atomic E-state index is 11.8. The summed E-state index contributed by atoms with van der Waals surface area (Å²) in [5.74, 6) is 0.0702. The summed E-state index contributed by atoms with van der Waals surface area (Å²) in [7, 11) is 0. The van der Waals surface area contributed by atoms with Crippen molar-refractivity contribution in [3.05, 3.63) is 33.9 Å². The molecule has 1 atom stereocenters. The summed E-state index contributed by atoms with van der Waals surface area (Å²) in [6, 6.07) is 4.23. The second kappa shape index (κ2) is 16.6. The number of carbonyl (C=O) groups excluding carboxylic acids is 2. The molecule has 0 saturated carbocycles. The number of hydrogen-bond donors (Lipinski definition) is 3. The summed E-state index contributed by atoms with van der Waals surface area (Å²) < 4.78 is 20.7. The summed E-state index contributed by atoms with van der Waals surface area (Å²) in [6.45, 7) is 5.93. The standard InChI is InChI=1S/C21H33N3O9/c1-3-30-11-12-31-13-14-33-21(27)23-9-8-22-20(26)5-4-10-32-17-6-7-18(16(2)25)19(15-17)24(28)29/h6-7,15-16,25H,3-5,8-14H2,1-2H3,(H,22,26)(H,23,27). The topological polar surface area (TPSA) is 158 Å². The van der Waals surface area contributed by atoms with Gasteiger partial charge in [0.25, 0.3) is 5.69 Å². The molecule has 3 N–H and O–H groups in total. The Bertz CT molecular complexity index is 744. The lowest BCUT2D eigenvalue weighted by atomic mass is 10.1. The van der Waals surface area contributed by atoms with Crippen LogP contribution in [0.15, 0.2) is 18.2 Å². The van der Waals surface area contributed by atoms with Crippen molar-refractivity contribution in [3.63, 3.8) is 0 Å². The van der Waals surface area contributed by atoms with Gasteiger partial charge in [-0.3, -0.25) is 14.9 Å². The summed E-state index contributed by atoms with van der Waals surface area (Å²) in [4.78, 5) is 33.9. The molecule has 0 bridgehead atoms. The number of amides is 2. The molecular weight excluding hydrogens is 438 g/mol. The van der Waals surface area contributed by atoms with Crippen molar-refractivity contribution in [3.8, 4) is 5.75 Å². The second-order valence-corrected chi connectivity index (χ2v) is 6.83. The van der Waals surface area contributed by atoms with Crippen LogP contribution in [0.3, 0.4) is 0 Å². The molecule has 0 aliphatic rings. The van der Waals surface area contributed by atoms with Crippen molar-refractivity contribution in [2.24, 2.45) is 0 Å². The number of nitro groups is 1. The van der Waals surface area contributed by atoms with E-state index in [2.05, 4.69) is 10.6 Å². The third-order valence-electron chi connectivity index (χ3n) is 4.22. The lowest BCUT2D eigenvalue weighted by Gasteiger charge is -2.10. The van der Waals surface area contributed by atoms with Crippen LogP contribution in [0.4, 0.5) is 10.5 Å². The molecule has 12 nitrogen and oxygen atoms in total. The molecule has 33 heavy (non-hydrogen) atoms. The van der Waals surface area contributed by atoms with Crippen molar-refractivity contribution >= 4 is 17.7 Å². The third-order valence-corrected chi connectivity index (χ3v) is 4.22. The maximum Gasteiger partial charge on any atom is 0.407 e. The number of alkyl carbamates (subject to hydrolysis) is 1. The molecule has 186 valence electrons. The molecule has 0 aromatic heterocycles. The van der Waals surface area contributed by atoms with Crippen LogP contribution < -0.4 is 15.4 Å². The highest BCUT2D eigenvalue weighted by molar-refractivity contribution is 5.75. The van der Waals surface area contributed by atoms with E-state index < -0.39 is 17.1 Å². The quantitative estimate of drug-likeness (QED) is 0.175. The van der Waals surface area contributed by atoms with Gasteiger partial charge in [-0.05, 0) is 32.4 Å². The first-order chi connectivity index (χ1) is 15.8. The molecule has 1 rings (SSSR count). The number of nitrogens with zero attached hydrogens (tertiary/aromatic N) is 1. The van der Waals surface area contributed by atoms with Crippen LogP contribution in [0.5, 0.6) is 5.75 Å². The second-order valence-electron chi connectivity index (χ2n) is 6.83. The monoisotopic (exact) mass is 471 g/mol. The summed E-state index contributed by atoms with van der Waals surface area (Å²) >= 11 is 0. The first-order valence-electron chi connectivity index (χ1n) is 10.8. The van der Waals surface area contributed by atoms with Gasteiger partial charge in [0.05, 0.1) is 49.1 Å². The van der Waals surface area contributed by atoms with Gasteiger partial charge in [0.1, 0.15) is 12.4 Å². The third kappa shape index (κ3) is 12.6. The van der Waals surface area contributed by atoms with Crippen molar-refractivity contribution in [2.45, 2.75) is 32.8 Å². The van der Waals surface area contributed by atoms with E-state index >= 15 is 0 Å². The normalized spacial score (nSPS) is 11.5. The lowest BCUT2D eigenvalue weighted by Crippen LogP contribution is -2.35. The largest absolute Gasteiger partial charge is 0.493 e. The van der Waals surface area contributed by atoms with E-state index in [-0.39, 0.29) is 62.2 Å². The van der Waals surface area contributed by atoms with Gasteiger partial charge in [0.15, 0.2) is 0 Å².